The highest BCUT2D eigenvalue weighted by atomic mass is 16.3. The number of aliphatic hydroxyl groups excluding tert-OH is 1. The number of aromatic nitrogens is 1. The van der Waals surface area contributed by atoms with Gasteiger partial charge in [0.1, 0.15) is 5.69 Å². The highest BCUT2D eigenvalue weighted by molar-refractivity contribution is 5.94. The number of carbonyl (C=O) groups excluding carboxylic acids is 2. The van der Waals surface area contributed by atoms with Crippen molar-refractivity contribution in [2.75, 3.05) is 6.61 Å². The van der Waals surface area contributed by atoms with Crippen LogP contribution in [0.15, 0.2) is 60.7 Å². The summed E-state index contributed by atoms with van der Waals surface area (Å²) < 4.78 is 0. The van der Waals surface area contributed by atoms with Crippen LogP contribution in [0.25, 0.3) is 17.3 Å². The van der Waals surface area contributed by atoms with Crippen molar-refractivity contribution in [1.82, 2.24) is 15.2 Å². The first-order valence-electron chi connectivity index (χ1n) is 13.1. The van der Waals surface area contributed by atoms with Crippen molar-refractivity contribution in [3.05, 3.63) is 94.2 Å². The zero-order valence-electron chi connectivity index (χ0n) is 21.4. The number of nitrogens with zero attached hydrogens (tertiary/aromatic N) is 2. The Morgan fingerprint density at radius 1 is 1.08 bits per heavy atom. The van der Waals surface area contributed by atoms with Crippen LogP contribution in [0.3, 0.4) is 0 Å². The lowest BCUT2D eigenvalue weighted by Gasteiger charge is -2.25. The lowest BCUT2D eigenvalue weighted by atomic mass is 9.94. The summed E-state index contributed by atoms with van der Waals surface area (Å²) in [7, 11) is 0. The van der Waals surface area contributed by atoms with Crippen LogP contribution in [0.5, 0.6) is 0 Å². The molecule has 37 heavy (non-hydrogen) atoms. The Labute approximate surface area is 218 Å². The number of pyridine rings is 1. The highest BCUT2D eigenvalue weighted by Crippen LogP contribution is 2.42. The van der Waals surface area contributed by atoms with E-state index in [1.54, 1.807) is 0 Å². The van der Waals surface area contributed by atoms with E-state index >= 15 is 0 Å². The molecule has 0 saturated heterocycles. The summed E-state index contributed by atoms with van der Waals surface area (Å²) in [4.78, 5) is 33.0. The lowest BCUT2D eigenvalue weighted by molar-refractivity contribution is -0.133. The molecule has 2 heterocycles. The molecular weight excluding hydrogens is 462 g/mol. The molecule has 0 fully saturated rings. The number of fused-ring (bicyclic) bond motifs is 2. The SMILES string of the molecule is C/C=C/c1cccc(-c2nc(C(=O)NC3Cc4ccccc4C3)cc3c2[C@H](CCO)N(C(=O)CC)C3)c1. The minimum absolute atomic E-state index is 0.0259. The second-order valence-corrected chi connectivity index (χ2v) is 9.80. The molecule has 2 amide bonds. The molecule has 0 spiro atoms. The third kappa shape index (κ3) is 4.94. The first kappa shape index (κ1) is 24.9. The Bertz CT molecular complexity index is 1340. The fourth-order valence-electron chi connectivity index (χ4n) is 5.69. The average Bonchev–Trinajstić information content (AvgIpc) is 3.49. The third-order valence-electron chi connectivity index (χ3n) is 7.36. The van der Waals surface area contributed by atoms with Gasteiger partial charge in [0.15, 0.2) is 0 Å². The second kappa shape index (κ2) is 10.7. The second-order valence-electron chi connectivity index (χ2n) is 9.80. The Balaban J connectivity index is 1.54. The normalized spacial score (nSPS) is 16.7. The van der Waals surface area contributed by atoms with Crippen LogP contribution >= 0.6 is 0 Å². The molecule has 0 radical (unpaired) electrons. The molecule has 1 aliphatic heterocycles. The van der Waals surface area contributed by atoms with Crippen molar-refractivity contribution in [1.29, 1.82) is 0 Å². The van der Waals surface area contributed by atoms with E-state index in [9.17, 15) is 14.7 Å². The van der Waals surface area contributed by atoms with Gasteiger partial charge >= 0.3 is 0 Å². The number of amides is 2. The van der Waals surface area contributed by atoms with E-state index in [-0.39, 0.29) is 30.5 Å². The predicted molar refractivity (Wildman–Crippen MR) is 145 cm³/mol. The van der Waals surface area contributed by atoms with Gasteiger partial charge in [-0.05, 0) is 60.6 Å². The predicted octanol–water partition coefficient (Wildman–Crippen LogP) is 4.85. The third-order valence-corrected chi connectivity index (χ3v) is 7.36. The first-order valence-corrected chi connectivity index (χ1v) is 13.1. The van der Waals surface area contributed by atoms with E-state index in [2.05, 4.69) is 23.5 Å². The molecule has 1 aliphatic carbocycles. The van der Waals surface area contributed by atoms with E-state index < -0.39 is 0 Å². The molecule has 2 N–H and O–H groups in total. The number of carbonyl (C=O) groups is 2. The van der Waals surface area contributed by atoms with Crippen LogP contribution < -0.4 is 5.32 Å². The molecule has 0 unspecified atom stereocenters. The minimum atomic E-state index is -0.276. The molecule has 0 bridgehead atoms. The molecule has 1 atom stereocenters. The van der Waals surface area contributed by atoms with Crippen LogP contribution in [0.1, 0.15) is 71.0 Å². The molecular formula is C31H33N3O3. The average molecular weight is 496 g/mol. The molecule has 3 aromatic rings. The Morgan fingerprint density at radius 2 is 1.84 bits per heavy atom. The minimum Gasteiger partial charge on any atom is -0.396 e. The van der Waals surface area contributed by atoms with Crippen molar-refractivity contribution in [2.24, 2.45) is 0 Å². The summed E-state index contributed by atoms with van der Waals surface area (Å²) in [5.74, 6) is -0.177. The molecule has 2 aromatic carbocycles. The number of benzene rings is 2. The van der Waals surface area contributed by atoms with Crippen molar-refractivity contribution < 1.29 is 14.7 Å². The first-order chi connectivity index (χ1) is 18.0. The van der Waals surface area contributed by atoms with Gasteiger partial charge in [0.05, 0.1) is 11.7 Å². The van der Waals surface area contributed by atoms with Gasteiger partial charge in [-0.1, -0.05) is 61.5 Å². The smallest absolute Gasteiger partial charge is 0.270 e. The van der Waals surface area contributed by atoms with E-state index in [1.807, 2.05) is 67.3 Å². The molecule has 0 saturated carbocycles. The van der Waals surface area contributed by atoms with Gasteiger partial charge in [-0.2, -0.15) is 0 Å². The molecule has 1 aromatic heterocycles. The van der Waals surface area contributed by atoms with Crippen LogP contribution in [0.2, 0.25) is 0 Å². The molecule has 6 nitrogen and oxygen atoms in total. The number of nitrogens with one attached hydrogen (secondary N) is 1. The highest BCUT2D eigenvalue weighted by Gasteiger charge is 2.36. The summed E-state index contributed by atoms with van der Waals surface area (Å²) in [5.41, 5.74) is 7.38. The molecule has 5 rings (SSSR count). The van der Waals surface area contributed by atoms with Gasteiger partial charge < -0.3 is 15.3 Å². The van der Waals surface area contributed by atoms with Gasteiger partial charge in [-0.3, -0.25) is 9.59 Å². The van der Waals surface area contributed by atoms with Gasteiger partial charge in [-0.25, -0.2) is 4.98 Å². The number of hydrogen-bond acceptors (Lipinski definition) is 4. The largest absolute Gasteiger partial charge is 0.396 e. The monoisotopic (exact) mass is 495 g/mol. The Hall–Kier alpha value is -3.77. The summed E-state index contributed by atoms with van der Waals surface area (Å²) in [6, 6.07) is 17.9. The maximum Gasteiger partial charge on any atom is 0.270 e. The number of hydrogen-bond donors (Lipinski definition) is 2. The van der Waals surface area contributed by atoms with E-state index in [0.717, 1.165) is 35.1 Å². The standard InChI is InChI=1S/C31H33N3O3/c1-3-8-20-9-7-12-23(15-20)30-29-24(19-34(28(36)4-2)27(29)13-14-35)18-26(33-30)31(37)32-25-16-21-10-5-6-11-22(21)17-25/h3,5-12,15,18,25,27,35H,4,13-14,16-17,19H2,1-2H3,(H,32,37)/b8-3+/t27-/m0/s1. The van der Waals surface area contributed by atoms with Crippen LogP contribution in [0, 0.1) is 0 Å². The van der Waals surface area contributed by atoms with Crippen molar-refractivity contribution in [3.8, 4) is 11.3 Å². The molecule has 6 heteroatoms. The Morgan fingerprint density at radius 3 is 2.51 bits per heavy atom. The number of rotatable bonds is 7. The topological polar surface area (TPSA) is 82.5 Å². The zero-order chi connectivity index (χ0) is 25.9. The van der Waals surface area contributed by atoms with Crippen LogP contribution in [0.4, 0.5) is 0 Å². The Kier molecular flexibility index (Phi) is 7.19. The summed E-state index contributed by atoms with van der Waals surface area (Å²) in [5, 5.41) is 13.0. The van der Waals surface area contributed by atoms with E-state index in [1.165, 1.54) is 11.1 Å². The zero-order valence-corrected chi connectivity index (χ0v) is 21.4. The molecule has 2 aliphatic rings. The van der Waals surface area contributed by atoms with Gasteiger partial charge in [0, 0.05) is 36.7 Å². The van der Waals surface area contributed by atoms with Crippen molar-refractivity contribution in [2.45, 2.75) is 58.2 Å². The maximum atomic E-state index is 13.5. The molecule has 190 valence electrons. The van der Waals surface area contributed by atoms with Gasteiger partial charge in [-0.15, -0.1) is 0 Å². The van der Waals surface area contributed by atoms with E-state index in [4.69, 9.17) is 4.98 Å². The van der Waals surface area contributed by atoms with Crippen LogP contribution in [-0.2, 0) is 24.2 Å². The summed E-state index contributed by atoms with van der Waals surface area (Å²) >= 11 is 0. The fraction of sp³-hybridized carbons (Fsp3) is 0.323. The maximum absolute atomic E-state index is 13.5. The summed E-state index contributed by atoms with van der Waals surface area (Å²) in [6.07, 6.45) is 6.43. The number of aliphatic hydroxyl groups is 1. The fourth-order valence-corrected chi connectivity index (χ4v) is 5.69. The lowest BCUT2D eigenvalue weighted by Crippen LogP contribution is -2.36. The van der Waals surface area contributed by atoms with Gasteiger partial charge in [0.2, 0.25) is 5.91 Å². The summed E-state index contributed by atoms with van der Waals surface area (Å²) in [6.45, 7) is 4.19. The van der Waals surface area contributed by atoms with Crippen molar-refractivity contribution in [3.63, 3.8) is 0 Å². The van der Waals surface area contributed by atoms with E-state index in [0.29, 0.717) is 30.8 Å². The van der Waals surface area contributed by atoms with Crippen LogP contribution in [-0.4, -0.2) is 39.5 Å². The van der Waals surface area contributed by atoms with Crippen molar-refractivity contribution >= 4 is 17.9 Å². The quantitative estimate of drug-likeness (QED) is 0.491. The number of allylic oxidation sites excluding steroid dienone is 1. The van der Waals surface area contributed by atoms with Gasteiger partial charge in [0.25, 0.3) is 5.91 Å².